The van der Waals surface area contributed by atoms with E-state index in [4.69, 9.17) is 4.74 Å². The van der Waals surface area contributed by atoms with Crippen LogP contribution in [0, 0.1) is 5.92 Å². The minimum atomic E-state index is -1.14. The van der Waals surface area contributed by atoms with Crippen molar-refractivity contribution in [1.29, 1.82) is 0 Å². The second-order valence-electron chi connectivity index (χ2n) is 10.1. The Morgan fingerprint density at radius 1 is 0.900 bits per heavy atom. The number of benzene rings is 3. The van der Waals surface area contributed by atoms with Crippen molar-refractivity contribution in [3.05, 3.63) is 108 Å². The van der Waals surface area contributed by atoms with Crippen LogP contribution in [0.25, 0.3) is 6.08 Å². The van der Waals surface area contributed by atoms with E-state index >= 15 is 0 Å². The summed E-state index contributed by atoms with van der Waals surface area (Å²) < 4.78 is 6.42. The van der Waals surface area contributed by atoms with E-state index in [0.29, 0.717) is 11.3 Å². The number of fused-ring (bicyclic) bond motifs is 10. The summed E-state index contributed by atoms with van der Waals surface area (Å²) in [7, 11) is 1.71. The largest absolute Gasteiger partial charge is 0.483 e. The monoisotopic (exact) mass is 540 g/mol. The van der Waals surface area contributed by atoms with Crippen LogP contribution in [0.5, 0.6) is 5.75 Å². The first-order chi connectivity index (χ1) is 19.4. The minimum absolute atomic E-state index is 0.0291. The lowest BCUT2D eigenvalue weighted by Crippen LogP contribution is -2.59. The van der Waals surface area contributed by atoms with Gasteiger partial charge in [0.05, 0.1) is 6.04 Å². The maximum atomic E-state index is 14.1. The van der Waals surface area contributed by atoms with Crippen LogP contribution in [0.1, 0.15) is 36.6 Å². The van der Waals surface area contributed by atoms with Crippen LogP contribution in [0.3, 0.4) is 0 Å². The molecule has 0 unspecified atom stereocenters. The molecule has 3 aromatic rings. The highest BCUT2D eigenvalue weighted by Gasteiger charge is 2.37. The van der Waals surface area contributed by atoms with Gasteiger partial charge in [-0.3, -0.25) is 14.4 Å². The molecule has 3 aromatic carbocycles. The molecule has 208 valence electrons. The summed E-state index contributed by atoms with van der Waals surface area (Å²) in [5, 5.41) is 11.7. The molecule has 4 atom stereocenters. The summed E-state index contributed by atoms with van der Waals surface area (Å²) in [6.45, 7) is 3.85. The van der Waals surface area contributed by atoms with Crippen LogP contribution < -0.4 is 26.0 Å². The topological polar surface area (TPSA) is 109 Å². The lowest BCUT2D eigenvalue weighted by atomic mass is 9.97. The lowest BCUT2D eigenvalue weighted by Gasteiger charge is -2.31. The van der Waals surface area contributed by atoms with Gasteiger partial charge in [-0.1, -0.05) is 86.6 Å². The van der Waals surface area contributed by atoms with E-state index in [0.717, 1.165) is 11.1 Å². The van der Waals surface area contributed by atoms with E-state index in [2.05, 4.69) is 21.3 Å². The summed E-state index contributed by atoms with van der Waals surface area (Å²) in [4.78, 5) is 40.8. The van der Waals surface area contributed by atoms with Gasteiger partial charge in [-0.2, -0.15) is 0 Å². The van der Waals surface area contributed by atoms with Crippen molar-refractivity contribution in [1.82, 2.24) is 21.3 Å². The van der Waals surface area contributed by atoms with Crippen molar-refractivity contribution in [3.63, 3.8) is 0 Å². The van der Waals surface area contributed by atoms with Gasteiger partial charge in [0.1, 0.15) is 17.8 Å². The Morgan fingerprint density at radius 3 is 2.17 bits per heavy atom. The van der Waals surface area contributed by atoms with Crippen molar-refractivity contribution < 1.29 is 19.1 Å². The Bertz CT molecular complexity index is 1310. The molecular formula is C32H36N4O4. The Hall–Kier alpha value is -4.43. The van der Waals surface area contributed by atoms with Crippen LogP contribution in [0.2, 0.25) is 0 Å². The van der Waals surface area contributed by atoms with Gasteiger partial charge in [-0.15, -0.1) is 0 Å². The highest BCUT2D eigenvalue weighted by molar-refractivity contribution is 5.94. The third kappa shape index (κ3) is 7.36. The van der Waals surface area contributed by atoms with E-state index < -0.39 is 30.1 Å². The van der Waals surface area contributed by atoms with Crippen molar-refractivity contribution in [3.8, 4) is 5.75 Å². The maximum Gasteiger partial charge on any atom is 0.247 e. The quantitative estimate of drug-likeness (QED) is 0.368. The van der Waals surface area contributed by atoms with E-state index in [9.17, 15) is 14.4 Å². The predicted molar refractivity (Wildman–Crippen MR) is 155 cm³/mol. The number of amides is 3. The van der Waals surface area contributed by atoms with Gasteiger partial charge in [0, 0.05) is 12.6 Å². The van der Waals surface area contributed by atoms with E-state index in [1.165, 1.54) is 0 Å². The molecule has 2 bridgehead atoms. The molecule has 3 amide bonds. The number of ether oxygens (including phenoxy) is 1. The number of nitrogens with one attached hydrogen (secondary N) is 4. The third-order valence-electron chi connectivity index (χ3n) is 6.83. The van der Waals surface area contributed by atoms with Gasteiger partial charge in [0.2, 0.25) is 17.7 Å². The predicted octanol–water partition coefficient (Wildman–Crippen LogP) is 3.36. The van der Waals surface area contributed by atoms with Crippen LogP contribution in [0.15, 0.2) is 91.1 Å². The Morgan fingerprint density at radius 2 is 1.55 bits per heavy atom. The van der Waals surface area contributed by atoms with Gasteiger partial charge in [-0.25, -0.2) is 0 Å². The average molecular weight is 541 g/mol. The second-order valence-corrected chi connectivity index (χ2v) is 10.1. The number of rotatable bonds is 7. The van der Waals surface area contributed by atoms with Gasteiger partial charge < -0.3 is 26.0 Å². The van der Waals surface area contributed by atoms with E-state index in [1.807, 2.05) is 86.6 Å². The molecule has 0 radical (unpaired) electrons. The second kappa shape index (κ2) is 13.6. The first kappa shape index (κ1) is 28.6. The molecule has 0 aromatic heterocycles. The zero-order chi connectivity index (χ0) is 28.5. The van der Waals surface area contributed by atoms with Crippen molar-refractivity contribution in [2.75, 3.05) is 7.05 Å². The molecule has 2 heterocycles. The number of likely N-dealkylation sites (N-methyl/N-ethyl adjacent to an activating group) is 1. The zero-order valence-corrected chi connectivity index (χ0v) is 23.0. The number of carbonyl (C=O) groups excluding carboxylic acids is 3. The Balaban J connectivity index is 1.78. The molecular weight excluding hydrogens is 504 g/mol. The molecule has 0 aliphatic carbocycles. The fourth-order valence-corrected chi connectivity index (χ4v) is 4.71. The first-order valence-electron chi connectivity index (χ1n) is 13.5. The number of hydrogen-bond acceptors (Lipinski definition) is 5. The first-order valence-corrected chi connectivity index (χ1v) is 13.5. The zero-order valence-electron chi connectivity index (χ0n) is 23.0. The highest BCUT2D eigenvalue weighted by Crippen LogP contribution is 2.27. The van der Waals surface area contributed by atoms with E-state index in [-0.39, 0.29) is 24.2 Å². The smallest absolute Gasteiger partial charge is 0.247 e. The number of hydrogen-bond donors (Lipinski definition) is 4. The fourth-order valence-electron chi connectivity index (χ4n) is 4.71. The van der Waals surface area contributed by atoms with Crippen LogP contribution >= 0.6 is 0 Å². The summed E-state index contributed by atoms with van der Waals surface area (Å²) in [5.41, 5.74) is 2.45. The molecule has 5 rings (SSSR count). The Labute approximate surface area is 235 Å². The molecule has 8 heteroatoms. The summed E-state index contributed by atoms with van der Waals surface area (Å²) in [6, 6.07) is 23.5. The van der Waals surface area contributed by atoms with Gasteiger partial charge in [-0.05, 0) is 47.9 Å². The third-order valence-corrected chi connectivity index (χ3v) is 6.83. The highest BCUT2D eigenvalue weighted by atomic mass is 16.5. The molecule has 8 nitrogen and oxygen atoms in total. The molecule has 40 heavy (non-hydrogen) atoms. The molecule has 0 saturated heterocycles. The van der Waals surface area contributed by atoms with Gasteiger partial charge in [0.15, 0.2) is 6.10 Å². The average Bonchev–Trinajstić information content (AvgIpc) is 2.96. The number of carbonyl (C=O) groups is 3. The molecule has 0 spiro atoms. The molecule has 2 aliphatic rings. The molecule has 2 aliphatic heterocycles. The molecule has 0 fully saturated rings. The fraction of sp³-hybridized carbons (Fsp3) is 0.281. The van der Waals surface area contributed by atoms with E-state index in [1.54, 1.807) is 31.5 Å². The Kier molecular flexibility index (Phi) is 9.70. The van der Waals surface area contributed by atoms with Crippen LogP contribution in [-0.2, 0) is 20.8 Å². The summed E-state index contributed by atoms with van der Waals surface area (Å²) >= 11 is 0. The van der Waals surface area contributed by atoms with Gasteiger partial charge in [0.25, 0.3) is 0 Å². The van der Waals surface area contributed by atoms with Crippen LogP contribution in [0.4, 0.5) is 0 Å². The molecule has 4 N–H and O–H groups in total. The molecule has 0 saturated carbocycles. The van der Waals surface area contributed by atoms with Crippen LogP contribution in [-0.4, -0.2) is 42.9 Å². The lowest BCUT2D eigenvalue weighted by molar-refractivity contribution is -0.135. The van der Waals surface area contributed by atoms with Crippen molar-refractivity contribution in [2.45, 2.75) is 44.5 Å². The van der Waals surface area contributed by atoms with Gasteiger partial charge >= 0.3 is 0 Å². The minimum Gasteiger partial charge on any atom is -0.483 e. The SMILES string of the molecule is CN[C@H](C(=O)N[C@H]1C(=O)N[C@@H](Cc2ccccc2)C(=O)NC=Cc2ccc(cc2)O[C@H]1c1ccccc1)C(C)C. The summed E-state index contributed by atoms with van der Waals surface area (Å²) in [6.07, 6.45) is 2.72. The van der Waals surface area contributed by atoms with Crippen molar-refractivity contribution >= 4 is 23.8 Å². The standard InChI is InChI=1S/C32H36N4O4/c1-21(2)27(33-3)31(38)36-28-29(24-12-8-5-9-13-24)40-25-16-14-22(15-17-25)18-19-34-30(37)26(35-32(28)39)20-23-10-6-4-7-11-23/h4-19,21,26-29,33H,20H2,1-3H3,(H,34,37)(H,35,39)(H,36,38)/t26-,27-,28+,29-/m0/s1. The van der Waals surface area contributed by atoms with Crippen molar-refractivity contribution in [2.24, 2.45) is 5.92 Å². The summed E-state index contributed by atoms with van der Waals surface area (Å²) in [5.74, 6) is -0.743. The normalized spacial score (nSPS) is 20.1. The maximum absolute atomic E-state index is 14.1.